The van der Waals surface area contributed by atoms with Gasteiger partial charge in [0.2, 0.25) is 5.91 Å². The lowest BCUT2D eigenvalue weighted by atomic mass is 9.95. The Balaban J connectivity index is 1.37. The number of amides is 1. The van der Waals surface area contributed by atoms with Gasteiger partial charge in [-0.1, -0.05) is 29.8 Å². The molecule has 3 heterocycles. The van der Waals surface area contributed by atoms with E-state index in [0.717, 1.165) is 0 Å². The number of piperidine rings is 1. The first-order valence-corrected chi connectivity index (χ1v) is 12.0. The van der Waals surface area contributed by atoms with E-state index in [-0.39, 0.29) is 54.4 Å². The van der Waals surface area contributed by atoms with Gasteiger partial charge in [0, 0.05) is 31.0 Å². The van der Waals surface area contributed by atoms with Gasteiger partial charge in [0.25, 0.3) is 0 Å². The molecule has 2 aromatic heterocycles. The fourth-order valence-electron chi connectivity index (χ4n) is 5.37. The largest absolute Gasteiger partial charge is 0.396 e. The number of nitrogens with zero attached hydrogens (tertiary/aromatic N) is 3. The van der Waals surface area contributed by atoms with Crippen LogP contribution in [0.25, 0.3) is 5.52 Å². The van der Waals surface area contributed by atoms with Crippen molar-refractivity contribution in [2.45, 2.75) is 51.1 Å². The Bertz CT molecular complexity index is 1360. The molecular weight excluding hydrogens is 473 g/mol. The second-order valence-corrected chi connectivity index (χ2v) is 9.91. The molecule has 3 aromatic rings. The normalized spacial score (nSPS) is 22.9. The van der Waals surface area contributed by atoms with Gasteiger partial charge in [0.15, 0.2) is 11.6 Å². The maximum Gasteiger partial charge on any atom is 0.231 e. The van der Waals surface area contributed by atoms with Crippen LogP contribution in [0.1, 0.15) is 48.1 Å². The number of fused-ring (bicyclic) bond motifs is 2. The highest BCUT2D eigenvalue weighted by Crippen LogP contribution is 2.59. The topological polar surface area (TPSA) is 92.0 Å². The van der Waals surface area contributed by atoms with E-state index in [0.29, 0.717) is 35.4 Å². The molecule has 1 saturated heterocycles. The van der Waals surface area contributed by atoms with Crippen LogP contribution in [-0.4, -0.2) is 55.6 Å². The van der Waals surface area contributed by atoms with Crippen LogP contribution in [0, 0.1) is 11.2 Å². The number of benzene rings is 1. The Kier molecular flexibility index (Phi) is 5.97. The van der Waals surface area contributed by atoms with Crippen LogP contribution < -0.4 is 0 Å². The van der Waals surface area contributed by atoms with Crippen LogP contribution in [0.5, 0.6) is 0 Å². The average molecular weight is 498 g/mol. The third-order valence-corrected chi connectivity index (χ3v) is 7.62. The first-order chi connectivity index (χ1) is 16.8. The third-order valence-electron chi connectivity index (χ3n) is 7.33. The number of aryl methyl sites for hydroxylation is 1. The number of rotatable bonds is 8. The molecule has 7 nitrogen and oxygen atoms in total. The van der Waals surface area contributed by atoms with Gasteiger partial charge < -0.3 is 14.4 Å². The summed E-state index contributed by atoms with van der Waals surface area (Å²) in [4.78, 5) is 44.8. The maximum absolute atomic E-state index is 14.3. The zero-order chi connectivity index (χ0) is 24.9. The summed E-state index contributed by atoms with van der Waals surface area (Å²) in [6.07, 6.45) is 2.93. The number of pyridine rings is 1. The summed E-state index contributed by atoms with van der Waals surface area (Å²) in [7, 11) is 0. The Morgan fingerprint density at radius 2 is 2.00 bits per heavy atom. The molecule has 3 atom stereocenters. The number of ketones is 2. The summed E-state index contributed by atoms with van der Waals surface area (Å²) in [5.74, 6) is -0.763. The molecular formula is C26H25ClFN3O4. The fraction of sp³-hybridized carbons (Fsp3) is 0.385. The zero-order valence-corrected chi connectivity index (χ0v) is 20.0. The molecule has 182 valence electrons. The van der Waals surface area contributed by atoms with Crippen molar-refractivity contribution in [2.75, 3.05) is 6.61 Å². The third kappa shape index (κ3) is 4.04. The predicted octanol–water partition coefficient (Wildman–Crippen LogP) is 3.43. The van der Waals surface area contributed by atoms with Crippen LogP contribution in [0.2, 0.25) is 5.02 Å². The van der Waals surface area contributed by atoms with E-state index in [1.165, 1.54) is 13.0 Å². The van der Waals surface area contributed by atoms with Crippen LogP contribution in [0.15, 0.2) is 42.6 Å². The van der Waals surface area contributed by atoms with Crippen molar-refractivity contribution in [3.63, 3.8) is 0 Å². The van der Waals surface area contributed by atoms with E-state index in [9.17, 15) is 23.9 Å². The van der Waals surface area contributed by atoms with E-state index in [2.05, 4.69) is 4.98 Å². The van der Waals surface area contributed by atoms with Crippen molar-refractivity contribution in [3.8, 4) is 0 Å². The van der Waals surface area contributed by atoms with Gasteiger partial charge in [0.05, 0.1) is 29.6 Å². The molecule has 0 radical (unpaired) electrons. The van der Waals surface area contributed by atoms with Crippen molar-refractivity contribution in [1.29, 1.82) is 0 Å². The maximum atomic E-state index is 14.3. The highest BCUT2D eigenvalue weighted by molar-refractivity contribution is 6.30. The summed E-state index contributed by atoms with van der Waals surface area (Å²) in [6.45, 7) is 1.33. The minimum atomic E-state index is -0.686. The molecule has 5 rings (SSSR count). The van der Waals surface area contributed by atoms with Crippen molar-refractivity contribution in [2.24, 2.45) is 5.41 Å². The smallest absolute Gasteiger partial charge is 0.231 e. The molecule has 0 spiro atoms. The SMILES string of the molecule is CC(=O)c1nc(CC(=O)N2[C@H](C(=O)CCc3cccc(Cl)c3F)C[C@@]3(CO)C[C@@H]23)n2ccccc12. The van der Waals surface area contributed by atoms with Gasteiger partial charge in [0.1, 0.15) is 17.3 Å². The number of Topliss-reactive ketones (excluding diaryl/α,β-unsaturated/α-hetero) is 2. The molecule has 1 N–H and O–H groups in total. The second kappa shape index (κ2) is 8.84. The molecule has 1 aliphatic heterocycles. The standard InChI is InChI=1S/C26H25ClFN3O4/c1-15(33)25-18-7-2-3-10-30(18)22(29-25)11-23(35)31-19(12-26(14-32)13-21(26)31)20(34)9-8-16-5-4-6-17(27)24(16)28/h2-7,10,19,21,32H,8-9,11-14H2,1H3/t19-,21+,26-/m0/s1. The Morgan fingerprint density at radius 1 is 1.20 bits per heavy atom. The summed E-state index contributed by atoms with van der Waals surface area (Å²) < 4.78 is 16.0. The molecule has 9 heteroatoms. The minimum Gasteiger partial charge on any atom is -0.396 e. The van der Waals surface area contributed by atoms with Gasteiger partial charge in [-0.25, -0.2) is 9.37 Å². The van der Waals surface area contributed by atoms with E-state index in [1.54, 1.807) is 45.8 Å². The number of hydrogen-bond donors (Lipinski definition) is 1. The first-order valence-electron chi connectivity index (χ1n) is 11.6. The lowest BCUT2D eigenvalue weighted by molar-refractivity contribution is -0.138. The lowest BCUT2D eigenvalue weighted by Crippen LogP contribution is -2.44. The van der Waals surface area contributed by atoms with Gasteiger partial charge in [-0.15, -0.1) is 0 Å². The van der Waals surface area contributed by atoms with E-state index < -0.39 is 17.3 Å². The molecule has 35 heavy (non-hydrogen) atoms. The minimum absolute atomic E-state index is 0.00459. The number of hydrogen-bond acceptors (Lipinski definition) is 5. The van der Waals surface area contributed by atoms with E-state index in [1.807, 2.05) is 0 Å². The number of aliphatic hydroxyl groups excluding tert-OH is 1. The molecule has 1 aromatic carbocycles. The molecule has 0 unspecified atom stereocenters. The fourth-order valence-corrected chi connectivity index (χ4v) is 5.56. The highest BCUT2D eigenvalue weighted by atomic mass is 35.5. The predicted molar refractivity (Wildman–Crippen MR) is 127 cm³/mol. The number of aliphatic hydroxyl groups is 1. The monoisotopic (exact) mass is 497 g/mol. The molecule has 0 bridgehead atoms. The molecule has 1 aliphatic carbocycles. The number of likely N-dealkylation sites (tertiary alicyclic amines) is 1. The van der Waals surface area contributed by atoms with Crippen molar-refractivity contribution in [3.05, 3.63) is 70.5 Å². The summed E-state index contributed by atoms with van der Waals surface area (Å²) in [5, 5.41) is 9.97. The number of carbonyl (C=O) groups excluding carboxylic acids is 3. The van der Waals surface area contributed by atoms with Gasteiger partial charge in [-0.2, -0.15) is 0 Å². The van der Waals surface area contributed by atoms with Crippen molar-refractivity contribution in [1.82, 2.24) is 14.3 Å². The molecule has 1 amide bonds. The highest BCUT2D eigenvalue weighted by Gasteiger charge is 2.66. The van der Waals surface area contributed by atoms with E-state index in [4.69, 9.17) is 11.6 Å². The molecule has 2 fully saturated rings. The van der Waals surface area contributed by atoms with Crippen LogP contribution in [0.3, 0.4) is 0 Å². The summed E-state index contributed by atoms with van der Waals surface area (Å²) in [5.41, 5.74) is 0.805. The van der Waals surface area contributed by atoms with Crippen molar-refractivity contribution < 1.29 is 23.9 Å². The first kappa shape index (κ1) is 23.6. The Morgan fingerprint density at radius 3 is 2.74 bits per heavy atom. The van der Waals surface area contributed by atoms with E-state index >= 15 is 0 Å². The van der Waals surface area contributed by atoms with Crippen LogP contribution in [-0.2, 0) is 22.4 Å². The quantitative estimate of drug-likeness (QED) is 0.481. The Labute approximate surface area is 206 Å². The number of aromatic nitrogens is 2. The number of imidazole rings is 1. The lowest BCUT2D eigenvalue weighted by Gasteiger charge is -2.26. The van der Waals surface area contributed by atoms with Crippen LogP contribution in [0.4, 0.5) is 4.39 Å². The zero-order valence-electron chi connectivity index (χ0n) is 19.2. The molecule has 2 aliphatic rings. The second-order valence-electron chi connectivity index (χ2n) is 9.51. The number of halogens is 2. The molecule has 1 saturated carbocycles. The average Bonchev–Trinajstić information content (AvgIpc) is 3.27. The van der Waals surface area contributed by atoms with Crippen molar-refractivity contribution >= 4 is 34.6 Å². The van der Waals surface area contributed by atoms with Gasteiger partial charge in [-0.3, -0.25) is 14.4 Å². The Hall–Kier alpha value is -3.10. The summed E-state index contributed by atoms with van der Waals surface area (Å²) in [6, 6.07) is 9.14. The number of carbonyl (C=O) groups is 3. The van der Waals surface area contributed by atoms with Gasteiger partial charge in [-0.05, 0) is 43.0 Å². The van der Waals surface area contributed by atoms with Gasteiger partial charge >= 0.3 is 0 Å². The summed E-state index contributed by atoms with van der Waals surface area (Å²) >= 11 is 5.85. The van der Waals surface area contributed by atoms with Crippen LogP contribution >= 0.6 is 11.6 Å².